The van der Waals surface area contributed by atoms with Gasteiger partial charge in [0.2, 0.25) is 0 Å². The maximum absolute atomic E-state index is 10.9. The lowest BCUT2D eigenvalue weighted by atomic mass is 9.97. The van der Waals surface area contributed by atoms with E-state index in [2.05, 4.69) is 30.3 Å². The SMILES string of the molecule is CC(N)(CCCCSc1ccc2ccccc2c1)C(=O)O. The zero-order valence-corrected chi connectivity index (χ0v) is 13.0. The Kier molecular flexibility index (Phi) is 5.26. The topological polar surface area (TPSA) is 63.3 Å². The van der Waals surface area contributed by atoms with Crippen LogP contribution in [0.1, 0.15) is 26.2 Å². The van der Waals surface area contributed by atoms with E-state index in [0.29, 0.717) is 6.42 Å². The lowest BCUT2D eigenvalue weighted by Gasteiger charge is -2.18. The highest BCUT2D eigenvalue weighted by Gasteiger charge is 2.26. The number of carboxylic acid groups (broad SMARTS) is 1. The first-order valence-electron chi connectivity index (χ1n) is 7.13. The molecule has 0 saturated carbocycles. The van der Waals surface area contributed by atoms with Gasteiger partial charge in [-0.3, -0.25) is 4.79 Å². The van der Waals surface area contributed by atoms with Crippen molar-refractivity contribution in [3.05, 3.63) is 42.5 Å². The molecule has 0 saturated heterocycles. The van der Waals surface area contributed by atoms with Crippen LogP contribution in [-0.4, -0.2) is 22.4 Å². The lowest BCUT2D eigenvalue weighted by Crippen LogP contribution is -2.44. The molecule has 4 heteroatoms. The molecule has 0 bridgehead atoms. The number of carbonyl (C=O) groups is 1. The Bertz CT molecular complexity index is 625. The first kappa shape index (κ1) is 15.9. The Morgan fingerprint density at radius 2 is 1.90 bits per heavy atom. The van der Waals surface area contributed by atoms with Gasteiger partial charge in [-0.2, -0.15) is 0 Å². The van der Waals surface area contributed by atoms with Crippen molar-refractivity contribution in [2.45, 2.75) is 36.6 Å². The van der Waals surface area contributed by atoms with Crippen molar-refractivity contribution < 1.29 is 9.90 Å². The van der Waals surface area contributed by atoms with Crippen LogP contribution in [-0.2, 0) is 4.79 Å². The minimum absolute atomic E-state index is 0.514. The molecule has 1 atom stereocenters. The van der Waals surface area contributed by atoms with Gasteiger partial charge in [-0.05, 0) is 48.4 Å². The zero-order valence-electron chi connectivity index (χ0n) is 12.2. The Balaban J connectivity index is 1.79. The Morgan fingerprint density at radius 1 is 1.19 bits per heavy atom. The summed E-state index contributed by atoms with van der Waals surface area (Å²) in [6.45, 7) is 1.58. The van der Waals surface area contributed by atoms with Crippen molar-refractivity contribution in [2.24, 2.45) is 5.73 Å². The second-order valence-electron chi connectivity index (χ2n) is 5.54. The fourth-order valence-electron chi connectivity index (χ4n) is 2.15. The quantitative estimate of drug-likeness (QED) is 0.601. The Labute approximate surface area is 129 Å². The van der Waals surface area contributed by atoms with Crippen molar-refractivity contribution >= 4 is 28.5 Å². The molecule has 3 N–H and O–H groups in total. The molecule has 0 heterocycles. The number of hydrogen-bond acceptors (Lipinski definition) is 3. The van der Waals surface area contributed by atoms with Gasteiger partial charge in [0.1, 0.15) is 5.54 Å². The molecular formula is C17H21NO2S. The van der Waals surface area contributed by atoms with Crippen LogP contribution in [0.4, 0.5) is 0 Å². The summed E-state index contributed by atoms with van der Waals surface area (Å²) in [5.74, 6) is 0.0540. The summed E-state index contributed by atoms with van der Waals surface area (Å²) in [6.07, 6.45) is 2.32. The van der Waals surface area contributed by atoms with Crippen molar-refractivity contribution in [3.63, 3.8) is 0 Å². The number of rotatable bonds is 7. The van der Waals surface area contributed by atoms with Crippen LogP contribution in [0.2, 0.25) is 0 Å². The Hall–Kier alpha value is -1.52. The summed E-state index contributed by atoms with van der Waals surface area (Å²) in [5.41, 5.74) is 4.61. The van der Waals surface area contributed by atoms with E-state index in [1.54, 1.807) is 18.7 Å². The predicted molar refractivity (Wildman–Crippen MR) is 88.8 cm³/mol. The smallest absolute Gasteiger partial charge is 0.323 e. The van der Waals surface area contributed by atoms with E-state index in [1.165, 1.54) is 15.7 Å². The largest absolute Gasteiger partial charge is 0.480 e. The number of carboxylic acids is 1. The number of hydrogen-bond donors (Lipinski definition) is 2. The second kappa shape index (κ2) is 6.96. The minimum atomic E-state index is -1.10. The van der Waals surface area contributed by atoms with E-state index in [-0.39, 0.29) is 0 Å². The van der Waals surface area contributed by atoms with Crippen molar-refractivity contribution in [1.82, 2.24) is 0 Å². The number of fused-ring (bicyclic) bond motifs is 1. The van der Waals surface area contributed by atoms with E-state index in [1.807, 2.05) is 12.1 Å². The third-order valence-electron chi connectivity index (χ3n) is 3.57. The lowest BCUT2D eigenvalue weighted by molar-refractivity contribution is -0.142. The molecule has 0 aliphatic heterocycles. The van der Waals surface area contributed by atoms with Crippen LogP contribution < -0.4 is 5.73 Å². The third-order valence-corrected chi connectivity index (χ3v) is 4.65. The fourth-order valence-corrected chi connectivity index (χ4v) is 3.11. The van der Waals surface area contributed by atoms with Crippen LogP contribution in [0.3, 0.4) is 0 Å². The monoisotopic (exact) mass is 303 g/mol. The van der Waals surface area contributed by atoms with E-state index < -0.39 is 11.5 Å². The molecule has 3 nitrogen and oxygen atoms in total. The number of nitrogens with two attached hydrogens (primary N) is 1. The molecule has 2 aromatic rings. The van der Waals surface area contributed by atoms with Gasteiger partial charge < -0.3 is 10.8 Å². The summed E-state index contributed by atoms with van der Waals surface area (Å²) in [5, 5.41) is 11.5. The molecule has 2 aromatic carbocycles. The van der Waals surface area contributed by atoms with E-state index in [9.17, 15) is 4.79 Å². The molecule has 0 radical (unpaired) electrons. The molecule has 1 unspecified atom stereocenters. The molecule has 0 aromatic heterocycles. The first-order chi connectivity index (χ1) is 9.99. The van der Waals surface area contributed by atoms with Crippen LogP contribution in [0.15, 0.2) is 47.4 Å². The first-order valence-corrected chi connectivity index (χ1v) is 8.11. The highest BCUT2D eigenvalue weighted by molar-refractivity contribution is 7.99. The summed E-state index contributed by atoms with van der Waals surface area (Å²) in [4.78, 5) is 12.2. The molecule has 0 spiro atoms. The van der Waals surface area contributed by atoms with Crippen LogP contribution in [0.5, 0.6) is 0 Å². The average Bonchev–Trinajstić information content (AvgIpc) is 2.46. The van der Waals surface area contributed by atoms with Gasteiger partial charge in [0.05, 0.1) is 0 Å². The van der Waals surface area contributed by atoms with Gasteiger partial charge >= 0.3 is 5.97 Å². The number of thioether (sulfide) groups is 1. The molecule has 0 aliphatic carbocycles. The Morgan fingerprint density at radius 3 is 2.62 bits per heavy atom. The molecule has 0 fully saturated rings. The van der Waals surface area contributed by atoms with Crippen molar-refractivity contribution in [2.75, 3.05) is 5.75 Å². The number of unbranched alkanes of at least 4 members (excludes halogenated alkanes) is 1. The maximum Gasteiger partial charge on any atom is 0.323 e. The van der Waals surface area contributed by atoms with Crippen molar-refractivity contribution in [1.29, 1.82) is 0 Å². The number of aliphatic carboxylic acids is 1. The van der Waals surface area contributed by atoms with Gasteiger partial charge in [-0.1, -0.05) is 36.8 Å². The van der Waals surface area contributed by atoms with Crippen molar-refractivity contribution in [3.8, 4) is 0 Å². The zero-order chi connectivity index (χ0) is 15.3. The van der Waals surface area contributed by atoms with Crippen LogP contribution in [0, 0.1) is 0 Å². The minimum Gasteiger partial charge on any atom is -0.480 e. The number of benzene rings is 2. The van der Waals surface area contributed by atoms with Gasteiger partial charge in [0.15, 0.2) is 0 Å². The van der Waals surface area contributed by atoms with E-state index in [0.717, 1.165) is 18.6 Å². The van der Waals surface area contributed by atoms with Crippen LogP contribution >= 0.6 is 11.8 Å². The van der Waals surface area contributed by atoms with E-state index in [4.69, 9.17) is 10.8 Å². The van der Waals surface area contributed by atoms with Gasteiger partial charge in [-0.25, -0.2) is 0 Å². The van der Waals surface area contributed by atoms with E-state index >= 15 is 0 Å². The molecule has 0 aliphatic rings. The van der Waals surface area contributed by atoms with Gasteiger partial charge in [0.25, 0.3) is 0 Å². The van der Waals surface area contributed by atoms with Crippen LogP contribution in [0.25, 0.3) is 10.8 Å². The maximum atomic E-state index is 10.9. The summed E-state index contributed by atoms with van der Waals surface area (Å²) in [6, 6.07) is 14.8. The molecule has 21 heavy (non-hydrogen) atoms. The highest BCUT2D eigenvalue weighted by Crippen LogP contribution is 2.25. The highest BCUT2D eigenvalue weighted by atomic mass is 32.2. The molecular weight excluding hydrogens is 282 g/mol. The fraction of sp³-hybridized carbons (Fsp3) is 0.353. The molecule has 0 amide bonds. The normalized spacial score (nSPS) is 14.0. The third kappa shape index (κ3) is 4.48. The summed E-state index contributed by atoms with van der Waals surface area (Å²) in [7, 11) is 0. The van der Waals surface area contributed by atoms with Gasteiger partial charge in [0, 0.05) is 4.90 Å². The average molecular weight is 303 g/mol. The second-order valence-corrected chi connectivity index (χ2v) is 6.71. The molecule has 2 rings (SSSR count). The summed E-state index contributed by atoms with van der Waals surface area (Å²) < 4.78 is 0. The summed E-state index contributed by atoms with van der Waals surface area (Å²) >= 11 is 1.81. The molecule has 112 valence electrons. The standard InChI is InChI=1S/C17H21NO2S/c1-17(18,16(19)20)10-4-5-11-21-15-9-8-13-6-2-3-7-14(13)12-15/h2-3,6-9,12H,4-5,10-11,18H2,1H3,(H,19,20). The predicted octanol–water partition coefficient (Wildman–Crippen LogP) is 3.90. The van der Waals surface area contributed by atoms with Gasteiger partial charge in [-0.15, -0.1) is 11.8 Å².